The maximum atomic E-state index is 11.0. The zero-order valence-corrected chi connectivity index (χ0v) is 8.08. The molecule has 0 heterocycles. The van der Waals surface area contributed by atoms with Crippen LogP contribution in [-0.4, -0.2) is 43.2 Å². The lowest BCUT2D eigenvalue weighted by Gasteiger charge is -2.04. The number of carboxylic acids is 1. The van der Waals surface area contributed by atoms with Gasteiger partial charge >= 0.3 is 5.97 Å². The summed E-state index contributed by atoms with van der Waals surface area (Å²) < 4.78 is 0. The predicted molar refractivity (Wildman–Crippen MR) is 51.8 cm³/mol. The highest BCUT2D eigenvalue weighted by atomic mass is 16.4. The molecule has 0 aromatic carbocycles. The molecule has 0 spiro atoms. The molecule has 0 aliphatic rings. The number of hydrogen-bond donors (Lipinski definition) is 4. The van der Waals surface area contributed by atoms with Gasteiger partial charge in [0.25, 0.3) is 0 Å². The molecule has 6 heteroatoms. The van der Waals surface area contributed by atoms with Crippen molar-refractivity contribution in [2.24, 2.45) is 5.73 Å². The van der Waals surface area contributed by atoms with Crippen molar-refractivity contribution >= 4 is 11.9 Å². The third-order valence-electron chi connectivity index (χ3n) is 1.51. The van der Waals surface area contributed by atoms with Crippen molar-refractivity contribution in [3.63, 3.8) is 0 Å². The highest BCUT2D eigenvalue weighted by Gasteiger charge is 1.99. The maximum absolute atomic E-state index is 11.0. The van der Waals surface area contributed by atoms with E-state index in [0.717, 1.165) is 0 Å². The van der Waals surface area contributed by atoms with Gasteiger partial charge in [0.05, 0.1) is 6.54 Å². The third kappa shape index (κ3) is 8.95. The van der Waals surface area contributed by atoms with E-state index in [1.54, 1.807) is 0 Å². The maximum Gasteiger partial charge on any atom is 0.317 e. The molecular formula is C8H17N3O3. The molecule has 0 unspecified atom stereocenters. The summed E-state index contributed by atoms with van der Waals surface area (Å²) in [6, 6.07) is 0. The quantitative estimate of drug-likeness (QED) is 0.360. The Kier molecular flexibility index (Phi) is 7.77. The van der Waals surface area contributed by atoms with Crippen LogP contribution in [0.3, 0.4) is 0 Å². The van der Waals surface area contributed by atoms with Gasteiger partial charge in [-0.05, 0) is 13.0 Å². The molecule has 0 bridgehead atoms. The molecule has 14 heavy (non-hydrogen) atoms. The second-order valence-corrected chi connectivity index (χ2v) is 2.81. The largest absolute Gasteiger partial charge is 0.480 e. The van der Waals surface area contributed by atoms with E-state index >= 15 is 0 Å². The normalized spacial score (nSPS) is 9.79. The molecule has 6 nitrogen and oxygen atoms in total. The Morgan fingerprint density at radius 3 is 2.57 bits per heavy atom. The monoisotopic (exact) mass is 203 g/mol. The van der Waals surface area contributed by atoms with E-state index in [2.05, 4.69) is 10.6 Å². The molecule has 0 saturated carbocycles. The van der Waals surface area contributed by atoms with Gasteiger partial charge in [-0.1, -0.05) is 0 Å². The van der Waals surface area contributed by atoms with Gasteiger partial charge in [-0.3, -0.25) is 9.59 Å². The number of carbonyl (C=O) groups excluding carboxylic acids is 1. The fourth-order valence-electron chi connectivity index (χ4n) is 0.837. The minimum atomic E-state index is -0.903. The summed E-state index contributed by atoms with van der Waals surface area (Å²) in [6.07, 6.45) is 1.10. The van der Waals surface area contributed by atoms with Crippen LogP contribution in [0.1, 0.15) is 12.8 Å². The van der Waals surface area contributed by atoms with E-state index in [4.69, 9.17) is 10.8 Å². The molecule has 1 amide bonds. The fourth-order valence-corrected chi connectivity index (χ4v) is 0.837. The van der Waals surface area contributed by atoms with Gasteiger partial charge in [0.15, 0.2) is 0 Å². The van der Waals surface area contributed by atoms with Crippen LogP contribution in [0, 0.1) is 0 Å². The highest BCUT2D eigenvalue weighted by Crippen LogP contribution is 1.83. The van der Waals surface area contributed by atoms with Crippen LogP contribution in [0.5, 0.6) is 0 Å². The van der Waals surface area contributed by atoms with Gasteiger partial charge in [0.1, 0.15) is 0 Å². The number of nitrogens with two attached hydrogens (primary N) is 1. The summed E-state index contributed by atoms with van der Waals surface area (Å²) in [4.78, 5) is 21.1. The molecule has 0 saturated heterocycles. The van der Waals surface area contributed by atoms with Crippen LogP contribution >= 0.6 is 0 Å². The van der Waals surface area contributed by atoms with E-state index in [9.17, 15) is 9.59 Å². The van der Waals surface area contributed by atoms with Crippen molar-refractivity contribution in [3.05, 3.63) is 0 Å². The van der Waals surface area contributed by atoms with Crippen LogP contribution in [-0.2, 0) is 9.59 Å². The zero-order valence-electron chi connectivity index (χ0n) is 8.08. The average Bonchev–Trinajstić information content (AvgIpc) is 2.13. The van der Waals surface area contributed by atoms with Gasteiger partial charge in [-0.2, -0.15) is 0 Å². The molecule has 0 aromatic heterocycles. The summed E-state index contributed by atoms with van der Waals surface area (Å²) in [5.74, 6) is -0.952. The third-order valence-corrected chi connectivity index (χ3v) is 1.51. The zero-order chi connectivity index (χ0) is 10.8. The minimum absolute atomic E-state index is 0.0485. The first kappa shape index (κ1) is 12.9. The van der Waals surface area contributed by atoms with E-state index in [0.29, 0.717) is 32.5 Å². The molecule has 0 aliphatic carbocycles. The smallest absolute Gasteiger partial charge is 0.317 e. The summed E-state index contributed by atoms with van der Waals surface area (Å²) in [5, 5.41) is 13.6. The van der Waals surface area contributed by atoms with Crippen LogP contribution in [0.2, 0.25) is 0 Å². The molecule has 82 valence electrons. The van der Waals surface area contributed by atoms with E-state index in [-0.39, 0.29) is 12.5 Å². The first-order valence-corrected chi connectivity index (χ1v) is 4.56. The van der Waals surface area contributed by atoms with E-state index < -0.39 is 5.97 Å². The first-order chi connectivity index (χ1) is 6.66. The summed E-state index contributed by atoms with van der Waals surface area (Å²) >= 11 is 0. The van der Waals surface area contributed by atoms with E-state index in [1.165, 1.54) is 0 Å². The predicted octanol–water partition coefficient (Wildman–Crippen LogP) is -1.48. The SMILES string of the molecule is NCCCC(=O)NCCNCC(=O)O. The van der Waals surface area contributed by atoms with Crippen molar-refractivity contribution in [2.45, 2.75) is 12.8 Å². The fraction of sp³-hybridized carbons (Fsp3) is 0.750. The second-order valence-electron chi connectivity index (χ2n) is 2.81. The highest BCUT2D eigenvalue weighted by molar-refractivity contribution is 5.75. The molecule has 0 rings (SSSR count). The van der Waals surface area contributed by atoms with Gasteiger partial charge in [0, 0.05) is 19.5 Å². The Morgan fingerprint density at radius 1 is 1.29 bits per heavy atom. The molecule has 0 aromatic rings. The molecule has 0 radical (unpaired) electrons. The molecule has 5 N–H and O–H groups in total. The lowest BCUT2D eigenvalue weighted by atomic mass is 10.3. The van der Waals surface area contributed by atoms with Crippen LogP contribution in [0.25, 0.3) is 0 Å². The number of amides is 1. The number of nitrogens with one attached hydrogen (secondary N) is 2. The van der Waals surface area contributed by atoms with Gasteiger partial charge in [-0.25, -0.2) is 0 Å². The summed E-state index contributed by atoms with van der Waals surface area (Å²) in [7, 11) is 0. The number of carboxylic acid groups (broad SMARTS) is 1. The Bertz CT molecular complexity index is 185. The van der Waals surface area contributed by atoms with Gasteiger partial charge in [-0.15, -0.1) is 0 Å². The summed E-state index contributed by atoms with van der Waals surface area (Å²) in [6.45, 7) is 1.32. The lowest BCUT2D eigenvalue weighted by Crippen LogP contribution is -2.34. The standard InChI is InChI=1S/C8H17N3O3/c9-3-1-2-7(12)11-5-4-10-6-8(13)14/h10H,1-6,9H2,(H,11,12)(H,13,14). The number of carbonyl (C=O) groups is 2. The van der Waals surface area contributed by atoms with E-state index in [1.807, 2.05) is 0 Å². The number of aliphatic carboxylic acids is 1. The second kappa shape index (κ2) is 8.46. The van der Waals surface area contributed by atoms with Crippen molar-refractivity contribution in [2.75, 3.05) is 26.2 Å². The number of rotatable bonds is 8. The van der Waals surface area contributed by atoms with Crippen LogP contribution in [0.4, 0.5) is 0 Å². The Labute approximate surface area is 82.9 Å². The lowest BCUT2D eigenvalue weighted by molar-refractivity contribution is -0.135. The van der Waals surface area contributed by atoms with Crippen molar-refractivity contribution < 1.29 is 14.7 Å². The Morgan fingerprint density at radius 2 is 2.00 bits per heavy atom. The summed E-state index contributed by atoms with van der Waals surface area (Å²) in [5.41, 5.74) is 5.23. The van der Waals surface area contributed by atoms with Gasteiger partial charge in [0.2, 0.25) is 5.91 Å². The Balaban J connectivity index is 3.19. The molecule has 0 atom stereocenters. The van der Waals surface area contributed by atoms with Gasteiger partial charge < -0.3 is 21.5 Å². The molecular weight excluding hydrogens is 186 g/mol. The van der Waals surface area contributed by atoms with Crippen molar-refractivity contribution in [1.82, 2.24) is 10.6 Å². The Hall–Kier alpha value is -1.14. The van der Waals surface area contributed by atoms with Crippen LogP contribution in [0.15, 0.2) is 0 Å². The number of hydrogen-bond acceptors (Lipinski definition) is 4. The topological polar surface area (TPSA) is 104 Å². The molecule has 0 fully saturated rings. The van der Waals surface area contributed by atoms with Crippen LogP contribution < -0.4 is 16.4 Å². The first-order valence-electron chi connectivity index (χ1n) is 4.56. The van der Waals surface area contributed by atoms with Crippen molar-refractivity contribution in [1.29, 1.82) is 0 Å². The minimum Gasteiger partial charge on any atom is -0.480 e. The average molecular weight is 203 g/mol. The molecule has 0 aliphatic heterocycles. The van der Waals surface area contributed by atoms with Crippen molar-refractivity contribution in [3.8, 4) is 0 Å².